The third kappa shape index (κ3) is 4.75. The minimum absolute atomic E-state index is 0.111. The summed E-state index contributed by atoms with van der Waals surface area (Å²) in [7, 11) is 2.20. The molecule has 21 heavy (non-hydrogen) atoms. The molecule has 0 aliphatic heterocycles. The van der Waals surface area contributed by atoms with Crippen LogP contribution < -0.4 is 5.73 Å². The smallest absolute Gasteiger partial charge is 0.141 e. The SMILES string of the molecule is CCC1CCC(N(C)CCC(N)c2ccc(F)cn2)CC1. The lowest BCUT2D eigenvalue weighted by molar-refractivity contribution is 0.159. The number of halogens is 1. The lowest BCUT2D eigenvalue weighted by Crippen LogP contribution is -2.36. The van der Waals surface area contributed by atoms with Crippen LogP contribution in [0.15, 0.2) is 18.3 Å². The standard InChI is InChI=1S/C17H28FN3/c1-3-13-4-7-15(8-5-13)21(2)11-10-16(19)17-9-6-14(18)12-20-17/h6,9,12-13,15-16H,3-5,7-8,10-11,19H2,1-2H3. The van der Waals surface area contributed by atoms with Crippen LogP contribution in [0.1, 0.15) is 57.2 Å². The molecule has 0 spiro atoms. The van der Waals surface area contributed by atoms with Crippen molar-refractivity contribution < 1.29 is 4.39 Å². The van der Waals surface area contributed by atoms with Crippen LogP contribution in [0.4, 0.5) is 4.39 Å². The molecule has 1 unspecified atom stereocenters. The Morgan fingerprint density at radius 3 is 2.62 bits per heavy atom. The molecule has 1 fully saturated rings. The zero-order chi connectivity index (χ0) is 15.2. The van der Waals surface area contributed by atoms with E-state index in [2.05, 4.69) is 23.9 Å². The molecular formula is C17H28FN3. The predicted molar refractivity (Wildman–Crippen MR) is 84.4 cm³/mol. The van der Waals surface area contributed by atoms with Crippen molar-refractivity contribution >= 4 is 0 Å². The highest BCUT2D eigenvalue weighted by atomic mass is 19.1. The van der Waals surface area contributed by atoms with Gasteiger partial charge >= 0.3 is 0 Å². The van der Waals surface area contributed by atoms with Gasteiger partial charge in [-0.15, -0.1) is 0 Å². The number of aromatic nitrogens is 1. The van der Waals surface area contributed by atoms with E-state index in [1.807, 2.05) is 0 Å². The van der Waals surface area contributed by atoms with E-state index in [9.17, 15) is 4.39 Å². The van der Waals surface area contributed by atoms with Gasteiger partial charge in [0.05, 0.1) is 11.9 Å². The van der Waals surface area contributed by atoms with Gasteiger partial charge in [0, 0.05) is 12.1 Å². The molecule has 1 aliphatic carbocycles. The first-order valence-corrected chi connectivity index (χ1v) is 8.17. The molecule has 4 heteroatoms. The van der Waals surface area contributed by atoms with Gasteiger partial charge < -0.3 is 10.6 Å². The molecule has 2 N–H and O–H groups in total. The van der Waals surface area contributed by atoms with Crippen LogP contribution in [0.25, 0.3) is 0 Å². The Kier molecular flexibility index (Phi) is 6.12. The average Bonchev–Trinajstić information content (AvgIpc) is 2.53. The molecule has 0 amide bonds. The van der Waals surface area contributed by atoms with Gasteiger partial charge in [-0.25, -0.2) is 4.39 Å². The van der Waals surface area contributed by atoms with E-state index >= 15 is 0 Å². The average molecular weight is 293 g/mol. The molecule has 1 aromatic rings. The highest BCUT2D eigenvalue weighted by Gasteiger charge is 2.23. The third-order valence-corrected chi connectivity index (χ3v) is 4.94. The largest absolute Gasteiger partial charge is 0.323 e. The Labute approximate surface area is 127 Å². The Hall–Kier alpha value is -1.00. The van der Waals surface area contributed by atoms with Gasteiger partial charge in [0.2, 0.25) is 0 Å². The summed E-state index contributed by atoms with van der Waals surface area (Å²) in [4.78, 5) is 6.51. The van der Waals surface area contributed by atoms with Crippen molar-refractivity contribution in [3.8, 4) is 0 Å². The summed E-state index contributed by atoms with van der Waals surface area (Å²) in [5.74, 6) is 0.621. The zero-order valence-corrected chi connectivity index (χ0v) is 13.3. The van der Waals surface area contributed by atoms with Gasteiger partial charge in [-0.3, -0.25) is 4.98 Å². The van der Waals surface area contributed by atoms with E-state index in [4.69, 9.17) is 5.73 Å². The second-order valence-corrected chi connectivity index (χ2v) is 6.36. The van der Waals surface area contributed by atoms with E-state index < -0.39 is 0 Å². The molecule has 3 nitrogen and oxygen atoms in total. The van der Waals surface area contributed by atoms with Crippen molar-refractivity contribution in [1.82, 2.24) is 9.88 Å². The summed E-state index contributed by atoms with van der Waals surface area (Å²) >= 11 is 0. The van der Waals surface area contributed by atoms with E-state index in [1.54, 1.807) is 6.07 Å². The Morgan fingerprint density at radius 1 is 1.33 bits per heavy atom. The fourth-order valence-corrected chi connectivity index (χ4v) is 3.27. The fraction of sp³-hybridized carbons (Fsp3) is 0.706. The summed E-state index contributed by atoms with van der Waals surface area (Å²) in [5, 5.41) is 0. The first kappa shape index (κ1) is 16.4. The number of nitrogens with zero attached hydrogens (tertiary/aromatic N) is 2. The van der Waals surface area contributed by atoms with Crippen LogP contribution in [0.5, 0.6) is 0 Å². The number of hydrogen-bond acceptors (Lipinski definition) is 3. The first-order valence-electron chi connectivity index (χ1n) is 8.17. The van der Waals surface area contributed by atoms with Gasteiger partial charge in [0.25, 0.3) is 0 Å². The number of rotatable bonds is 6. The van der Waals surface area contributed by atoms with Gasteiger partial charge in [-0.05, 0) is 63.7 Å². The Morgan fingerprint density at radius 2 is 2.05 bits per heavy atom. The summed E-state index contributed by atoms with van der Waals surface area (Å²) in [5.41, 5.74) is 6.93. The van der Waals surface area contributed by atoms with Crippen LogP contribution in [0, 0.1) is 11.7 Å². The summed E-state index contributed by atoms with van der Waals surface area (Å²) in [6.07, 6.45) is 8.75. The minimum Gasteiger partial charge on any atom is -0.323 e. The second-order valence-electron chi connectivity index (χ2n) is 6.36. The van der Waals surface area contributed by atoms with Crippen LogP contribution in [-0.2, 0) is 0 Å². The van der Waals surface area contributed by atoms with Crippen molar-refractivity contribution in [2.24, 2.45) is 11.7 Å². The normalized spacial score (nSPS) is 24.2. The quantitative estimate of drug-likeness (QED) is 0.872. The van der Waals surface area contributed by atoms with E-state index in [1.165, 1.54) is 44.4 Å². The van der Waals surface area contributed by atoms with Crippen molar-refractivity contribution in [1.29, 1.82) is 0 Å². The molecule has 118 valence electrons. The fourth-order valence-electron chi connectivity index (χ4n) is 3.27. The molecule has 0 aromatic carbocycles. The van der Waals surface area contributed by atoms with Crippen LogP contribution >= 0.6 is 0 Å². The maximum atomic E-state index is 12.9. The molecule has 0 bridgehead atoms. The van der Waals surface area contributed by atoms with Gasteiger partial charge in [-0.1, -0.05) is 13.3 Å². The van der Waals surface area contributed by atoms with Crippen molar-refractivity contribution in [2.45, 2.75) is 57.5 Å². The third-order valence-electron chi connectivity index (χ3n) is 4.94. The van der Waals surface area contributed by atoms with Crippen LogP contribution in [-0.4, -0.2) is 29.5 Å². The van der Waals surface area contributed by atoms with Crippen LogP contribution in [0.2, 0.25) is 0 Å². The maximum Gasteiger partial charge on any atom is 0.141 e. The molecule has 0 radical (unpaired) electrons. The molecule has 1 aliphatic rings. The van der Waals surface area contributed by atoms with Gasteiger partial charge in [0.15, 0.2) is 0 Å². The lowest BCUT2D eigenvalue weighted by atomic mass is 9.84. The molecular weight excluding hydrogens is 265 g/mol. The summed E-state index contributed by atoms with van der Waals surface area (Å²) < 4.78 is 12.9. The van der Waals surface area contributed by atoms with Gasteiger partial charge in [0.1, 0.15) is 5.82 Å². The molecule has 1 aromatic heterocycles. The highest BCUT2D eigenvalue weighted by Crippen LogP contribution is 2.29. The summed E-state index contributed by atoms with van der Waals surface area (Å²) in [6.45, 7) is 3.27. The van der Waals surface area contributed by atoms with Crippen molar-refractivity contribution in [3.05, 3.63) is 29.8 Å². The topological polar surface area (TPSA) is 42.1 Å². The molecule has 1 saturated carbocycles. The van der Waals surface area contributed by atoms with E-state index in [-0.39, 0.29) is 11.9 Å². The Bertz CT molecular complexity index is 413. The first-order chi connectivity index (χ1) is 10.1. The highest BCUT2D eigenvalue weighted by molar-refractivity contribution is 5.09. The van der Waals surface area contributed by atoms with E-state index in [0.717, 1.165) is 24.6 Å². The predicted octanol–water partition coefficient (Wildman–Crippen LogP) is 3.51. The number of pyridine rings is 1. The summed E-state index contributed by atoms with van der Waals surface area (Å²) in [6, 6.07) is 3.70. The monoisotopic (exact) mass is 293 g/mol. The van der Waals surface area contributed by atoms with Gasteiger partial charge in [-0.2, -0.15) is 0 Å². The van der Waals surface area contributed by atoms with Crippen molar-refractivity contribution in [3.63, 3.8) is 0 Å². The maximum absolute atomic E-state index is 12.9. The number of nitrogens with two attached hydrogens (primary N) is 1. The van der Waals surface area contributed by atoms with Crippen LogP contribution in [0.3, 0.4) is 0 Å². The minimum atomic E-state index is -0.309. The van der Waals surface area contributed by atoms with E-state index in [0.29, 0.717) is 6.04 Å². The lowest BCUT2D eigenvalue weighted by Gasteiger charge is -2.34. The second kappa shape index (κ2) is 7.85. The molecule has 0 saturated heterocycles. The number of hydrogen-bond donors (Lipinski definition) is 1. The molecule has 1 atom stereocenters. The molecule has 2 rings (SSSR count). The van der Waals surface area contributed by atoms with Crippen molar-refractivity contribution in [2.75, 3.05) is 13.6 Å². The molecule has 1 heterocycles. The zero-order valence-electron chi connectivity index (χ0n) is 13.3. The Balaban J connectivity index is 1.76.